The van der Waals surface area contributed by atoms with Crippen molar-refractivity contribution >= 4 is 78.7 Å². The molecule has 564 valence electrons. The van der Waals surface area contributed by atoms with Crippen molar-refractivity contribution in [2.24, 2.45) is 0 Å². The van der Waals surface area contributed by atoms with Gasteiger partial charge in [-0.15, -0.1) is 0 Å². The number of hydrogen-bond donors (Lipinski definition) is 0. The van der Waals surface area contributed by atoms with Gasteiger partial charge in [-0.3, -0.25) is 29.0 Å². The van der Waals surface area contributed by atoms with Gasteiger partial charge < -0.3 is 28.4 Å². The first kappa shape index (κ1) is 75.0. The summed E-state index contributed by atoms with van der Waals surface area (Å²) in [6.45, 7) is 32.3. The molecule has 0 N–H and O–H groups in total. The molecule has 2 aliphatic rings. The second kappa shape index (κ2) is 29.8. The van der Waals surface area contributed by atoms with Crippen LogP contribution in [0.15, 0.2) is 194 Å². The SMILES string of the molecule is Cc1cc(C)cc(OC(=O)C(Cc2ccccc2)N2C(=O)c3cc(Oc4ccc(C(C)C)cc4C)c4c5c(Oc6ccc(C(C)C)cc6C)cc6c7c(cc(Oc8ccc(C(C)C)cc8C)c(c8c(Oc9ccc(C(C)C)cc9C)cc(c3c48)C2=O)c75)C(=O)N(C(Cc2ccccc2)C(=O)Oc2cc(C)cc(C)c2)C6=O)c1. The number of carbonyl (C=O) groups excluding carboxylic acids is 6. The Morgan fingerprint density at radius 2 is 0.536 bits per heavy atom. The van der Waals surface area contributed by atoms with E-state index in [0.717, 1.165) is 76.6 Å². The van der Waals surface area contributed by atoms with Crippen molar-refractivity contribution in [1.29, 1.82) is 0 Å². The number of esters is 2. The van der Waals surface area contributed by atoms with Gasteiger partial charge in [-0.05, 0) is 230 Å². The standard InChI is InChI=1S/C98H90N2O12/c1-51(2)65-27-31-77(59(13)41-65)109-81-47-71-85-72(94(102)99(93(71)101)75(45-63-23-19-17-20-24-63)97(105)107-69-37-55(9)35-56(10)38-69)49-83(111-79-33-29-67(53(5)6)43-61(79)15)89-90-84(112-80-34-30-68(54(7)8)44-62(80)16)50-74-86-73(48-82(88(92(86)90)87(81)91(85)89)110-78-32-28-66(52(3)4)42-60(78)14)95(103)100(96(74)104)76(46-64-25-21-18-22-26-64)98(106)108-70-39-57(11)36-58(12)40-70/h17-44,47-54,75-76H,45-46H2,1-16H3. The predicted molar refractivity (Wildman–Crippen MR) is 441 cm³/mol. The fourth-order valence-corrected chi connectivity index (χ4v) is 16.1. The molecule has 2 atom stereocenters. The van der Waals surface area contributed by atoms with Gasteiger partial charge in [-0.1, -0.05) is 177 Å². The maximum absolute atomic E-state index is 16.9. The summed E-state index contributed by atoms with van der Waals surface area (Å²) in [5.41, 5.74) is 11.9. The van der Waals surface area contributed by atoms with Gasteiger partial charge in [0.05, 0.1) is 22.3 Å². The Hall–Kier alpha value is -12.4. The molecule has 0 spiro atoms. The van der Waals surface area contributed by atoms with E-state index in [1.165, 1.54) is 0 Å². The third-order valence-corrected chi connectivity index (χ3v) is 21.8. The van der Waals surface area contributed by atoms with Crippen LogP contribution in [0.25, 0.3) is 43.1 Å². The number of nitrogens with zero attached hydrogens (tertiary/aromatic N) is 2. The van der Waals surface area contributed by atoms with Crippen LogP contribution in [0.1, 0.15) is 198 Å². The average Bonchev–Trinajstić information content (AvgIpc) is 0.668. The van der Waals surface area contributed by atoms with E-state index >= 15 is 28.8 Å². The first-order valence-electron chi connectivity index (χ1n) is 38.5. The Balaban J connectivity index is 1.11. The highest BCUT2D eigenvalue weighted by atomic mass is 16.5. The van der Waals surface area contributed by atoms with E-state index in [1.54, 1.807) is 48.5 Å². The third-order valence-electron chi connectivity index (χ3n) is 21.8. The van der Waals surface area contributed by atoms with Crippen molar-refractivity contribution in [2.75, 3.05) is 0 Å². The van der Waals surface area contributed by atoms with Crippen LogP contribution < -0.4 is 28.4 Å². The van der Waals surface area contributed by atoms with Gasteiger partial charge in [0, 0.05) is 55.9 Å². The van der Waals surface area contributed by atoms with E-state index in [1.807, 2.05) is 177 Å². The summed E-state index contributed by atoms with van der Waals surface area (Å²) in [7, 11) is 0. The minimum atomic E-state index is -1.55. The molecule has 13 aromatic carbocycles. The van der Waals surface area contributed by atoms with Gasteiger partial charge in [0.2, 0.25) is 0 Å². The quantitative estimate of drug-likeness (QED) is 0.0208. The first-order valence-corrected chi connectivity index (χ1v) is 38.5. The van der Waals surface area contributed by atoms with E-state index in [0.29, 0.717) is 66.4 Å². The molecule has 13 aromatic rings. The molecule has 14 heteroatoms. The maximum atomic E-state index is 16.9. The first-order chi connectivity index (χ1) is 53.6. The highest BCUT2D eigenvalue weighted by Crippen LogP contribution is 2.59. The number of ether oxygens (including phenoxy) is 6. The molecule has 0 bridgehead atoms. The number of fused-ring (bicyclic) bond motifs is 2. The molecule has 0 fully saturated rings. The zero-order chi connectivity index (χ0) is 79.2. The lowest BCUT2D eigenvalue weighted by Gasteiger charge is -2.35. The zero-order valence-electron chi connectivity index (χ0n) is 66.1. The Morgan fingerprint density at radius 3 is 0.768 bits per heavy atom. The van der Waals surface area contributed by atoms with E-state index < -0.39 is 47.7 Å². The van der Waals surface area contributed by atoms with Crippen molar-refractivity contribution in [2.45, 2.75) is 159 Å². The van der Waals surface area contributed by atoms with Gasteiger partial charge in [-0.2, -0.15) is 0 Å². The highest BCUT2D eigenvalue weighted by molar-refractivity contribution is 6.45. The molecule has 0 saturated heterocycles. The number of hydrogen-bond acceptors (Lipinski definition) is 12. The molecule has 2 aliphatic heterocycles. The molecule has 4 amide bonds. The fourth-order valence-electron chi connectivity index (χ4n) is 16.1. The van der Waals surface area contributed by atoms with Gasteiger partial charge in [-0.25, -0.2) is 9.59 Å². The van der Waals surface area contributed by atoms with Crippen LogP contribution in [0, 0.1) is 55.4 Å². The highest BCUT2D eigenvalue weighted by Gasteiger charge is 2.47. The van der Waals surface area contributed by atoms with Crippen LogP contribution in [0.4, 0.5) is 0 Å². The normalized spacial score (nSPS) is 13.4. The molecule has 2 heterocycles. The topological polar surface area (TPSA) is 164 Å². The summed E-state index contributed by atoms with van der Waals surface area (Å²) in [5, 5.41) is 2.17. The number of amides is 4. The van der Waals surface area contributed by atoms with Crippen LogP contribution >= 0.6 is 0 Å². The number of benzene rings is 13. The summed E-state index contributed by atoms with van der Waals surface area (Å²) in [5.74, 6) is -1.90. The van der Waals surface area contributed by atoms with Gasteiger partial charge >= 0.3 is 11.9 Å². The van der Waals surface area contributed by atoms with E-state index in [9.17, 15) is 0 Å². The van der Waals surface area contributed by atoms with Crippen molar-refractivity contribution < 1.29 is 57.2 Å². The molecular formula is C98H90N2O12. The zero-order valence-corrected chi connectivity index (χ0v) is 66.1. The van der Waals surface area contributed by atoms with Crippen LogP contribution in [0.3, 0.4) is 0 Å². The smallest absolute Gasteiger partial charge is 0.335 e. The van der Waals surface area contributed by atoms with Crippen LogP contribution in [-0.4, -0.2) is 57.5 Å². The molecule has 14 nitrogen and oxygen atoms in total. The Bertz CT molecular complexity index is 5390. The second-order valence-corrected chi connectivity index (χ2v) is 31.7. The third kappa shape index (κ3) is 13.9. The van der Waals surface area contributed by atoms with Crippen molar-refractivity contribution in [3.63, 3.8) is 0 Å². The Kier molecular flexibility index (Phi) is 19.9. The van der Waals surface area contributed by atoms with Gasteiger partial charge in [0.25, 0.3) is 23.6 Å². The maximum Gasteiger partial charge on any atom is 0.335 e. The van der Waals surface area contributed by atoms with E-state index in [4.69, 9.17) is 28.4 Å². The molecule has 0 aromatic heterocycles. The van der Waals surface area contributed by atoms with Crippen LogP contribution in [0.5, 0.6) is 57.5 Å². The predicted octanol–water partition coefficient (Wildman–Crippen LogP) is 23.5. The summed E-state index contributed by atoms with van der Waals surface area (Å²) < 4.78 is 42.9. The van der Waals surface area contributed by atoms with Gasteiger partial charge in [0.15, 0.2) is 0 Å². The van der Waals surface area contributed by atoms with Crippen molar-refractivity contribution in [3.05, 3.63) is 294 Å². The van der Waals surface area contributed by atoms with Crippen LogP contribution in [-0.2, 0) is 22.4 Å². The summed E-state index contributed by atoms with van der Waals surface area (Å²) in [4.78, 5) is 101. The molecule has 2 unspecified atom stereocenters. The molecule has 0 radical (unpaired) electrons. The lowest BCUT2D eigenvalue weighted by Crippen LogP contribution is -2.53. The molecule has 0 saturated carbocycles. The number of aryl methyl sites for hydroxylation is 8. The molecular weight excluding hydrogens is 1400 g/mol. The lowest BCUT2D eigenvalue weighted by molar-refractivity contribution is -0.139. The minimum Gasteiger partial charge on any atom is -0.456 e. The number of carbonyl (C=O) groups is 6. The van der Waals surface area contributed by atoms with E-state index in [-0.39, 0.29) is 104 Å². The number of rotatable bonds is 22. The summed E-state index contributed by atoms with van der Waals surface area (Å²) >= 11 is 0. The molecule has 0 aliphatic carbocycles. The molecule has 112 heavy (non-hydrogen) atoms. The second-order valence-electron chi connectivity index (χ2n) is 31.7. The largest absolute Gasteiger partial charge is 0.456 e. The summed E-state index contributed by atoms with van der Waals surface area (Å²) in [6, 6.07) is 56.5. The minimum absolute atomic E-state index is 0.000257. The number of imide groups is 2. The summed E-state index contributed by atoms with van der Waals surface area (Å²) in [6.07, 6.45) is -0.254. The van der Waals surface area contributed by atoms with Crippen molar-refractivity contribution in [1.82, 2.24) is 9.80 Å². The van der Waals surface area contributed by atoms with Crippen LogP contribution in [0.2, 0.25) is 0 Å². The Labute approximate surface area is 653 Å². The fraction of sp³-hybridized carbons (Fsp3) is 0.245. The molecule has 15 rings (SSSR count). The average molecular weight is 1490 g/mol. The Morgan fingerprint density at radius 1 is 0.286 bits per heavy atom. The van der Waals surface area contributed by atoms with E-state index in [2.05, 4.69) is 79.7 Å². The monoisotopic (exact) mass is 1490 g/mol. The van der Waals surface area contributed by atoms with Gasteiger partial charge in [0.1, 0.15) is 69.6 Å². The lowest BCUT2D eigenvalue weighted by atomic mass is 9.80. The van der Waals surface area contributed by atoms with Crippen molar-refractivity contribution in [3.8, 4) is 57.5 Å².